The summed E-state index contributed by atoms with van der Waals surface area (Å²) in [5.41, 5.74) is 0. The van der Waals surface area contributed by atoms with Crippen molar-refractivity contribution >= 4 is 11.9 Å². The van der Waals surface area contributed by atoms with Gasteiger partial charge < -0.3 is 10.0 Å². The van der Waals surface area contributed by atoms with Gasteiger partial charge in [-0.3, -0.25) is 9.59 Å². The van der Waals surface area contributed by atoms with Crippen molar-refractivity contribution < 1.29 is 14.7 Å². The van der Waals surface area contributed by atoms with Crippen LogP contribution in [0.4, 0.5) is 0 Å². The van der Waals surface area contributed by atoms with Crippen LogP contribution < -0.4 is 0 Å². The number of nitrogens with zero attached hydrogens (tertiary/aromatic N) is 1. The molecule has 18 heavy (non-hydrogen) atoms. The summed E-state index contributed by atoms with van der Waals surface area (Å²) in [6, 6.07) is 0.384. The molecule has 4 atom stereocenters. The highest BCUT2D eigenvalue weighted by Crippen LogP contribution is 2.37. The van der Waals surface area contributed by atoms with E-state index in [4.69, 9.17) is 5.11 Å². The van der Waals surface area contributed by atoms with Crippen LogP contribution in [0.25, 0.3) is 0 Å². The maximum atomic E-state index is 12.4. The predicted molar refractivity (Wildman–Crippen MR) is 68.0 cm³/mol. The first-order valence-electron chi connectivity index (χ1n) is 7.05. The molecule has 0 spiro atoms. The number of carbonyl (C=O) groups excluding carboxylic acids is 1. The Morgan fingerprint density at radius 2 is 1.78 bits per heavy atom. The number of carboxylic acid groups (broad SMARTS) is 1. The van der Waals surface area contributed by atoms with Crippen molar-refractivity contribution in [3.8, 4) is 0 Å². The molecule has 1 heterocycles. The van der Waals surface area contributed by atoms with E-state index in [1.54, 1.807) is 13.8 Å². The maximum absolute atomic E-state index is 12.4. The normalized spacial score (nSPS) is 30.7. The first-order valence-corrected chi connectivity index (χ1v) is 7.05. The summed E-state index contributed by atoms with van der Waals surface area (Å²) in [7, 11) is 0. The summed E-state index contributed by atoms with van der Waals surface area (Å²) in [4.78, 5) is 25.4. The van der Waals surface area contributed by atoms with Crippen molar-refractivity contribution in [2.24, 2.45) is 17.8 Å². The summed E-state index contributed by atoms with van der Waals surface area (Å²) in [6.07, 6.45) is 5.85. The average Bonchev–Trinajstić information content (AvgIpc) is 2.83. The Bertz CT molecular complexity index is 342. The number of carboxylic acids is 1. The van der Waals surface area contributed by atoms with Gasteiger partial charge in [-0.1, -0.05) is 20.3 Å². The monoisotopic (exact) mass is 253 g/mol. The standard InChI is InChI=1S/C14H23NO3/c1-9(10(2)14(17)18)13(16)15-8-4-6-11-5-3-7-12(11)15/h9-12H,3-8H2,1-2H3,(H,17,18). The van der Waals surface area contributed by atoms with E-state index in [1.165, 1.54) is 19.3 Å². The lowest BCUT2D eigenvalue weighted by atomic mass is 9.88. The molecular formula is C14H23NO3. The van der Waals surface area contributed by atoms with Crippen LogP contribution in [-0.2, 0) is 9.59 Å². The molecule has 0 bridgehead atoms. The Balaban J connectivity index is 2.05. The highest BCUT2D eigenvalue weighted by atomic mass is 16.4. The van der Waals surface area contributed by atoms with E-state index in [0.29, 0.717) is 12.0 Å². The van der Waals surface area contributed by atoms with E-state index < -0.39 is 17.8 Å². The number of rotatable bonds is 3. The third-order valence-corrected chi connectivity index (χ3v) is 4.81. The van der Waals surface area contributed by atoms with E-state index in [9.17, 15) is 9.59 Å². The summed E-state index contributed by atoms with van der Waals surface area (Å²) in [5, 5.41) is 9.02. The fourth-order valence-electron chi connectivity index (χ4n) is 3.42. The van der Waals surface area contributed by atoms with Crippen LogP contribution in [0.5, 0.6) is 0 Å². The molecule has 4 heteroatoms. The Kier molecular flexibility index (Phi) is 3.93. The average molecular weight is 253 g/mol. The molecule has 102 valence electrons. The largest absolute Gasteiger partial charge is 0.481 e. The van der Waals surface area contributed by atoms with Crippen LogP contribution in [0.3, 0.4) is 0 Å². The van der Waals surface area contributed by atoms with E-state index in [0.717, 1.165) is 19.4 Å². The maximum Gasteiger partial charge on any atom is 0.307 e. The summed E-state index contributed by atoms with van der Waals surface area (Å²) < 4.78 is 0. The molecule has 1 aliphatic carbocycles. The summed E-state index contributed by atoms with van der Waals surface area (Å²) in [5.74, 6) is -1.19. The fraction of sp³-hybridized carbons (Fsp3) is 0.857. The summed E-state index contributed by atoms with van der Waals surface area (Å²) in [6.45, 7) is 4.19. The van der Waals surface area contributed by atoms with Crippen LogP contribution in [0, 0.1) is 17.8 Å². The van der Waals surface area contributed by atoms with Crippen molar-refractivity contribution in [1.29, 1.82) is 0 Å². The van der Waals surface area contributed by atoms with Gasteiger partial charge >= 0.3 is 5.97 Å². The second-order valence-corrected chi connectivity index (χ2v) is 5.85. The molecule has 0 radical (unpaired) electrons. The number of aliphatic carboxylic acids is 1. The van der Waals surface area contributed by atoms with Gasteiger partial charge in [0.25, 0.3) is 0 Å². The number of carbonyl (C=O) groups is 2. The van der Waals surface area contributed by atoms with Crippen molar-refractivity contribution in [3.05, 3.63) is 0 Å². The van der Waals surface area contributed by atoms with E-state index in [1.807, 2.05) is 4.90 Å². The van der Waals surface area contributed by atoms with Crippen molar-refractivity contribution in [3.63, 3.8) is 0 Å². The summed E-state index contributed by atoms with van der Waals surface area (Å²) >= 11 is 0. The number of hydrogen-bond donors (Lipinski definition) is 1. The Hall–Kier alpha value is -1.06. The lowest BCUT2D eigenvalue weighted by Gasteiger charge is -2.39. The third-order valence-electron chi connectivity index (χ3n) is 4.81. The van der Waals surface area contributed by atoms with Gasteiger partial charge in [0.1, 0.15) is 0 Å². The lowest BCUT2D eigenvalue weighted by molar-refractivity contribution is -0.151. The molecule has 4 unspecified atom stereocenters. The highest BCUT2D eigenvalue weighted by Gasteiger charge is 2.40. The van der Waals surface area contributed by atoms with E-state index in [2.05, 4.69) is 0 Å². The number of likely N-dealkylation sites (tertiary alicyclic amines) is 1. The molecule has 2 fully saturated rings. The first kappa shape index (κ1) is 13.4. The fourth-order valence-corrected chi connectivity index (χ4v) is 3.42. The molecule has 0 aromatic heterocycles. The molecule has 1 N–H and O–H groups in total. The zero-order valence-corrected chi connectivity index (χ0v) is 11.3. The zero-order valence-electron chi connectivity index (χ0n) is 11.3. The smallest absolute Gasteiger partial charge is 0.307 e. The minimum Gasteiger partial charge on any atom is -0.481 e. The van der Waals surface area contributed by atoms with Crippen LogP contribution in [0.15, 0.2) is 0 Å². The van der Waals surface area contributed by atoms with Gasteiger partial charge in [0.15, 0.2) is 0 Å². The lowest BCUT2D eigenvalue weighted by Crippen LogP contribution is -2.49. The zero-order chi connectivity index (χ0) is 13.3. The molecule has 2 aliphatic rings. The van der Waals surface area contributed by atoms with E-state index in [-0.39, 0.29) is 5.91 Å². The van der Waals surface area contributed by atoms with Gasteiger partial charge in [-0.15, -0.1) is 0 Å². The molecule has 1 aliphatic heterocycles. The van der Waals surface area contributed by atoms with Crippen molar-refractivity contribution in [2.45, 2.75) is 52.0 Å². The van der Waals surface area contributed by atoms with Gasteiger partial charge in [-0.25, -0.2) is 0 Å². The second-order valence-electron chi connectivity index (χ2n) is 5.85. The van der Waals surface area contributed by atoms with Crippen LogP contribution in [0.2, 0.25) is 0 Å². The number of fused-ring (bicyclic) bond motifs is 1. The highest BCUT2D eigenvalue weighted by molar-refractivity contribution is 5.84. The molecule has 0 aromatic rings. The Labute approximate surface area is 108 Å². The van der Waals surface area contributed by atoms with Crippen molar-refractivity contribution in [2.75, 3.05) is 6.54 Å². The molecule has 1 saturated heterocycles. The second kappa shape index (κ2) is 5.29. The van der Waals surface area contributed by atoms with Gasteiger partial charge in [0.05, 0.1) is 5.92 Å². The quantitative estimate of drug-likeness (QED) is 0.838. The van der Waals surface area contributed by atoms with Gasteiger partial charge in [0, 0.05) is 18.5 Å². The molecular weight excluding hydrogens is 230 g/mol. The third kappa shape index (κ3) is 2.38. The number of hydrogen-bond acceptors (Lipinski definition) is 2. The Morgan fingerprint density at radius 1 is 1.11 bits per heavy atom. The van der Waals surface area contributed by atoms with Crippen molar-refractivity contribution in [1.82, 2.24) is 4.90 Å². The number of piperidine rings is 1. The Morgan fingerprint density at radius 3 is 2.44 bits per heavy atom. The van der Waals surface area contributed by atoms with Gasteiger partial charge in [-0.05, 0) is 31.6 Å². The molecule has 0 aromatic carbocycles. The van der Waals surface area contributed by atoms with Crippen LogP contribution in [-0.4, -0.2) is 34.5 Å². The van der Waals surface area contributed by atoms with Crippen LogP contribution >= 0.6 is 0 Å². The SMILES string of the molecule is CC(C(=O)O)C(C)C(=O)N1CCCC2CCCC21. The minimum atomic E-state index is -0.879. The number of amides is 1. The van der Waals surface area contributed by atoms with Gasteiger partial charge in [-0.2, -0.15) is 0 Å². The molecule has 1 saturated carbocycles. The first-order chi connectivity index (χ1) is 8.52. The minimum absolute atomic E-state index is 0.0431. The topological polar surface area (TPSA) is 57.6 Å². The predicted octanol–water partition coefficient (Wildman–Crippen LogP) is 2.13. The van der Waals surface area contributed by atoms with Gasteiger partial charge in [0.2, 0.25) is 5.91 Å². The van der Waals surface area contributed by atoms with E-state index >= 15 is 0 Å². The van der Waals surface area contributed by atoms with Crippen LogP contribution in [0.1, 0.15) is 46.0 Å². The molecule has 2 rings (SSSR count). The molecule has 4 nitrogen and oxygen atoms in total. The molecule has 1 amide bonds.